The van der Waals surface area contributed by atoms with Gasteiger partial charge < -0.3 is 4.74 Å². The van der Waals surface area contributed by atoms with Gasteiger partial charge in [0.1, 0.15) is 5.75 Å². The van der Waals surface area contributed by atoms with Crippen molar-refractivity contribution in [3.8, 4) is 16.9 Å². The van der Waals surface area contributed by atoms with E-state index in [1.807, 2.05) is 6.08 Å². The van der Waals surface area contributed by atoms with E-state index in [1.54, 1.807) is 0 Å². The van der Waals surface area contributed by atoms with Crippen LogP contribution in [0.1, 0.15) is 47.6 Å². The number of ether oxygens (including phenoxy) is 1. The first-order valence-corrected chi connectivity index (χ1v) is 10.4. The maximum Gasteiger partial charge on any atom is 0.127 e. The first kappa shape index (κ1) is 20.7. The fourth-order valence-corrected chi connectivity index (χ4v) is 3.46. The summed E-state index contributed by atoms with van der Waals surface area (Å²) in [7, 11) is 0. The molecule has 3 rings (SSSR count). The third kappa shape index (κ3) is 5.06. The summed E-state index contributed by atoms with van der Waals surface area (Å²) in [4.78, 5) is 0. The van der Waals surface area contributed by atoms with Crippen molar-refractivity contribution in [1.29, 1.82) is 0 Å². The first-order valence-electron chi connectivity index (χ1n) is 10.4. The third-order valence-electron chi connectivity index (χ3n) is 5.28. The quantitative estimate of drug-likeness (QED) is 0.283. The average Bonchev–Trinajstić information content (AvgIpc) is 2.75. The van der Waals surface area contributed by atoms with Gasteiger partial charge in [-0.25, -0.2) is 0 Å². The molecule has 0 radical (unpaired) electrons. The minimum absolute atomic E-state index is 0.738. The van der Waals surface area contributed by atoms with Gasteiger partial charge in [-0.3, -0.25) is 0 Å². The van der Waals surface area contributed by atoms with Gasteiger partial charge in [0.25, 0.3) is 0 Å². The van der Waals surface area contributed by atoms with Crippen LogP contribution in [-0.2, 0) is 0 Å². The molecule has 0 aromatic heterocycles. The van der Waals surface area contributed by atoms with E-state index in [9.17, 15) is 0 Å². The molecule has 0 saturated heterocycles. The van der Waals surface area contributed by atoms with Crippen molar-refractivity contribution in [2.24, 2.45) is 0 Å². The molecule has 0 N–H and O–H groups in total. The van der Waals surface area contributed by atoms with Gasteiger partial charge in [-0.2, -0.15) is 0 Å². The number of aryl methyl sites for hydroxylation is 1. The molecule has 0 aliphatic rings. The summed E-state index contributed by atoms with van der Waals surface area (Å²) >= 11 is 0. The molecule has 0 aliphatic heterocycles. The third-order valence-corrected chi connectivity index (χ3v) is 5.28. The monoisotopic (exact) mass is 382 g/mol. The van der Waals surface area contributed by atoms with Crippen molar-refractivity contribution in [1.82, 2.24) is 0 Å². The smallest absolute Gasteiger partial charge is 0.127 e. The van der Waals surface area contributed by atoms with Crippen LogP contribution in [-0.4, -0.2) is 6.61 Å². The fraction of sp³-hybridized carbons (Fsp3) is 0.214. The summed E-state index contributed by atoms with van der Waals surface area (Å²) in [6.45, 7) is 11.2. The highest BCUT2D eigenvalue weighted by Gasteiger charge is 2.07. The van der Waals surface area contributed by atoms with Crippen LogP contribution in [0.2, 0.25) is 0 Å². The van der Waals surface area contributed by atoms with Gasteiger partial charge in [0.05, 0.1) is 6.61 Å². The van der Waals surface area contributed by atoms with Gasteiger partial charge in [-0.1, -0.05) is 86.7 Å². The van der Waals surface area contributed by atoms with Crippen molar-refractivity contribution >= 4 is 18.2 Å². The molecule has 0 unspecified atom stereocenters. The highest BCUT2D eigenvalue weighted by Crippen LogP contribution is 2.29. The number of hydrogen-bond donors (Lipinski definition) is 0. The zero-order valence-corrected chi connectivity index (χ0v) is 17.7. The van der Waals surface area contributed by atoms with E-state index in [0.29, 0.717) is 0 Å². The van der Waals surface area contributed by atoms with Crippen molar-refractivity contribution in [2.45, 2.75) is 33.6 Å². The van der Waals surface area contributed by atoms with E-state index in [1.165, 1.54) is 33.4 Å². The summed E-state index contributed by atoms with van der Waals surface area (Å²) in [5, 5.41) is 0. The van der Waals surface area contributed by atoms with Crippen LogP contribution in [0, 0.1) is 13.8 Å². The Hall–Kier alpha value is -3.06. The number of rotatable bonds is 8. The van der Waals surface area contributed by atoms with Gasteiger partial charge in [0.15, 0.2) is 0 Å². The average molecular weight is 383 g/mol. The molecule has 0 atom stereocenters. The van der Waals surface area contributed by atoms with Crippen molar-refractivity contribution < 1.29 is 4.74 Å². The molecule has 0 amide bonds. The second kappa shape index (κ2) is 9.93. The largest absolute Gasteiger partial charge is 0.493 e. The van der Waals surface area contributed by atoms with Gasteiger partial charge >= 0.3 is 0 Å². The van der Waals surface area contributed by atoms with E-state index < -0.39 is 0 Å². The molecule has 29 heavy (non-hydrogen) atoms. The second-order valence-corrected chi connectivity index (χ2v) is 7.37. The highest BCUT2D eigenvalue weighted by molar-refractivity contribution is 5.79. The summed E-state index contributed by atoms with van der Waals surface area (Å²) < 4.78 is 6.01. The van der Waals surface area contributed by atoms with Crippen LogP contribution in [0.5, 0.6) is 5.75 Å². The van der Waals surface area contributed by atoms with Gasteiger partial charge in [-0.15, -0.1) is 0 Å². The predicted octanol–water partition coefficient (Wildman–Crippen LogP) is 7.96. The first-order chi connectivity index (χ1) is 14.1. The Morgan fingerprint density at radius 1 is 0.862 bits per heavy atom. The van der Waals surface area contributed by atoms with E-state index in [-0.39, 0.29) is 0 Å². The van der Waals surface area contributed by atoms with Crippen LogP contribution >= 0.6 is 0 Å². The Morgan fingerprint density at radius 2 is 1.62 bits per heavy atom. The van der Waals surface area contributed by atoms with Crippen LogP contribution in [0.4, 0.5) is 0 Å². The molecule has 3 aromatic rings. The minimum Gasteiger partial charge on any atom is -0.493 e. The Labute approximate surface area is 175 Å². The fourth-order valence-electron chi connectivity index (χ4n) is 3.46. The number of unbranched alkanes of at least 4 members (excludes halogenated alkanes) is 1. The van der Waals surface area contributed by atoms with Crippen molar-refractivity contribution in [3.63, 3.8) is 0 Å². The van der Waals surface area contributed by atoms with Gasteiger partial charge in [-0.05, 0) is 65.8 Å². The summed E-state index contributed by atoms with van der Waals surface area (Å²) in [6, 6.07) is 21.3. The van der Waals surface area contributed by atoms with Crippen molar-refractivity contribution in [3.05, 3.63) is 95.1 Å². The topological polar surface area (TPSA) is 9.23 Å². The lowest BCUT2D eigenvalue weighted by Crippen LogP contribution is -1.99. The summed E-state index contributed by atoms with van der Waals surface area (Å²) in [5.41, 5.74) is 8.48. The van der Waals surface area contributed by atoms with E-state index in [4.69, 9.17) is 4.74 Å². The standard InChI is InChI=1S/C28H30O/c1-5-7-18-29-28-20-26(21(3)19-23(28)6-2)17-16-24-14-11-15-27(22(24)4)25-12-9-8-10-13-25/h6,8-17,19-20H,2,5,7,18H2,1,3-4H3/b17-16+. The Morgan fingerprint density at radius 3 is 2.34 bits per heavy atom. The van der Waals surface area contributed by atoms with Crippen LogP contribution in [0.3, 0.4) is 0 Å². The molecule has 3 aromatic carbocycles. The van der Waals surface area contributed by atoms with Crippen LogP contribution in [0.15, 0.2) is 67.2 Å². The molecule has 0 aliphatic carbocycles. The Balaban J connectivity index is 1.92. The lowest BCUT2D eigenvalue weighted by atomic mass is 9.95. The van der Waals surface area contributed by atoms with Crippen LogP contribution in [0.25, 0.3) is 29.4 Å². The van der Waals surface area contributed by atoms with Crippen LogP contribution < -0.4 is 4.74 Å². The highest BCUT2D eigenvalue weighted by atomic mass is 16.5. The van der Waals surface area contributed by atoms with E-state index in [2.05, 4.69) is 100 Å². The lowest BCUT2D eigenvalue weighted by Gasteiger charge is -2.12. The molecule has 0 spiro atoms. The zero-order valence-electron chi connectivity index (χ0n) is 17.7. The van der Waals surface area contributed by atoms with Crippen molar-refractivity contribution in [2.75, 3.05) is 6.61 Å². The normalized spacial score (nSPS) is 11.0. The van der Waals surface area contributed by atoms with Gasteiger partial charge in [0.2, 0.25) is 0 Å². The van der Waals surface area contributed by atoms with Gasteiger partial charge in [0, 0.05) is 5.56 Å². The SMILES string of the molecule is C=Cc1cc(C)c(/C=C/c2cccc(-c3ccccc3)c2C)cc1OCCCC. The Bertz CT molecular complexity index is 996. The maximum absolute atomic E-state index is 6.01. The molecular formula is C28H30O. The molecule has 0 bridgehead atoms. The summed E-state index contributed by atoms with van der Waals surface area (Å²) in [6.07, 6.45) is 8.44. The zero-order chi connectivity index (χ0) is 20.6. The van der Waals surface area contributed by atoms with E-state index >= 15 is 0 Å². The lowest BCUT2D eigenvalue weighted by molar-refractivity contribution is 0.308. The molecule has 0 saturated carbocycles. The summed E-state index contributed by atoms with van der Waals surface area (Å²) in [5.74, 6) is 0.911. The molecular weight excluding hydrogens is 352 g/mol. The predicted molar refractivity (Wildman–Crippen MR) is 127 cm³/mol. The molecule has 148 valence electrons. The molecule has 1 heteroatoms. The Kier molecular flexibility index (Phi) is 7.08. The molecule has 0 heterocycles. The second-order valence-electron chi connectivity index (χ2n) is 7.37. The van der Waals surface area contributed by atoms with E-state index in [0.717, 1.165) is 30.8 Å². The molecule has 1 nitrogen and oxygen atoms in total. The minimum atomic E-state index is 0.738. The molecule has 0 fully saturated rings. The maximum atomic E-state index is 6.01. The number of hydrogen-bond acceptors (Lipinski definition) is 1. The number of benzene rings is 3.